The minimum Gasteiger partial charge on any atom is -0.317 e. The van der Waals surface area contributed by atoms with E-state index in [2.05, 4.69) is 25.8 Å². The molecule has 2 aliphatic heterocycles. The highest BCUT2D eigenvalue weighted by Crippen LogP contribution is 2.24. The molecular formula is C16H24ClN7O. The molecule has 9 heteroatoms. The molecule has 1 fully saturated rings. The van der Waals surface area contributed by atoms with Crippen LogP contribution in [-0.2, 0) is 20.0 Å². The summed E-state index contributed by atoms with van der Waals surface area (Å²) in [7, 11) is 1.82. The van der Waals surface area contributed by atoms with Crippen LogP contribution >= 0.6 is 12.4 Å². The van der Waals surface area contributed by atoms with Gasteiger partial charge in [0.2, 0.25) is 5.95 Å². The number of aryl methyl sites for hydroxylation is 2. The molecule has 2 N–H and O–H groups in total. The number of amides is 1. The number of hydrogen-bond acceptors (Lipinski definition) is 5. The Morgan fingerprint density at radius 2 is 2.12 bits per heavy atom. The lowest BCUT2D eigenvalue weighted by atomic mass is 9.98. The Morgan fingerprint density at radius 1 is 1.32 bits per heavy atom. The second-order valence-electron chi connectivity index (χ2n) is 6.58. The van der Waals surface area contributed by atoms with Crippen molar-refractivity contribution >= 4 is 24.3 Å². The van der Waals surface area contributed by atoms with Gasteiger partial charge in [0.25, 0.3) is 5.91 Å². The second kappa shape index (κ2) is 7.53. The predicted octanol–water partition coefficient (Wildman–Crippen LogP) is 1.49. The summed E-state index contributed by atoms with van der Waals surface area (Å²) in [6, 6.07) is 0. The lowest BCUT2D eigenvalue weighted by Crippen LogP contribution is -2.27. The molecule has 0 radical (unpaired) electrons. The number of rotatable bonds is 3. The number of fused-ring (bicyclic) bond motifs is 1. The van der Waals surface area contributed by atoms with Crippen LogP contribution in [0, 0.1) is 0 Å². The maximum Gasteiger partial charge on any atom is 0.261 e. The summed E-state index contributed by atoms with van der Waals surface area (Å²) in [4.78, 5) is 17.2. The van der Waals surface area contributed by atoms with Crippen LogP contribution in [0.4, 0.5) is 5.95 Å². The quantitative estimate of drug-likeness (QED) is 0.860. The molecule has 4 heterocycles. The average molecular weight is 366 g/mol. The van der Waals surface area contributed by atoms with E-state index in [-0.39, 0.29) is 18.3 Å². The lowest BCUT2D eigenvalue weighted by molar-refractivity contribution is 0.102. The summed E-state index contributed by atoms with van der Waals surface area (Å²) in [5, 5.41) is 15.1. The van der Waals surface area contributed by atoms with Crippen molar-refractivity contribution in [2.24, 2.45) is 7.05 Å². The molecule has 25 heavy (non-hydrogen) atoms. The first-order valence-electron chi connectivity index (χ1n) is 8.70. The summed E-state index contributed by atoms with van der Waals surface area (Å²) >= 11 is 0. The van der Waals surface area contributed by atoms with Gasteiger partial charge in [-0.2, -0.15) is 15.2 Å². The van der Waals surface area contributed by atoms with E-state index in [4.69, 9.17) is 0 Å². The number of carbonyl (C=O) groups is 1. The summed E-state index contributed by atoms with van der Waals surface area (Å²) < 4.78 is 3.60. The monoisotopic (exact) mass is 365 g/mol. The fraction of sp³-hybridized carbons (Fsp3) is 0.625. The van der Waals surface area contributed by atoms with Crippen LogP contribution in [-0.4, -0.2) is 43.5 Å². The van der Waals surface area contributed by atoms with Gasteiger partial charge in [0, 0.05) is 19.5 Å². The van der Waals surface area contributed by atoms with Crippen molar-refractivity contribution in [1.29, 1.82) is 0 Å². The second-order valence-corrected chi connectivity index (χ2v) is 6.58. The maximum atomic E-state index is 12.6. The molecule has 0 bridgehead atoms. The Bertz CT molecular complexity index is 748. The number of piperidine rings is 1. The van der Waals surface area contributed by atoms with E-state index < -0.39 is 0 Å². The van der Waals surface area contributed by atoms with Crippen LogP contribution in [0.1, 0.15) is 53.5 Å². The first-order chi connectivity index (χ1) is 11.7. The largest absolute Gasteiger partial charge is 0.317 e. The fourth-order valence-electron chi connectivity index (χ4n) is 3.55. The van der Waals surface area contributed by atoms with Crippen LogP contribution in [0.5, 0.6) is 0 Å². The number of nitrogens with one attached hydrogen (secondary N) is 2. The van der Waals surface area contributed by atoms with Gasteiger partial charge in [0.15, 0.2) is 5.82 Å². The van der Waals surface area contributed by atoms with Gasteiger partial charge in [0.05, 0.1) is 17.5 Å². The molecule has 8 nitrogen and oxygen atoms in total. The molecule has 1 amide bonds. The number of nitrogens with zero attached hydrogens (tertiary/aromatic N) is 5. The van der Waals surface area contributed by atoms with E-state index in [0.29, 0.717) is 17.4 Å². The van der Waals surface area contributed by atoms with E-state index in [1.54, 1.807) is 10.9 Å². The topological polar surface area (TPSA) is 89.7 Å². The summed E-state index contributed by atoms with van der Waals surface area (Å²) in [5.74, 6) is 1.55. The van der Waals surface area contributed by atoms with Gasteiger partial charge < -0.3 is 5.32 Å². The van der Waals surface area contributed by atoms with Crippen molar-refractivity contribution in [1.82, 2.24) is 29.9 Å². The van der Waals surface area contributed by atoms with Crippen LogP contribution in [0.25, 0.3) is 0 Å². The van der Waals surface area contributed by atoms with Crippen molar-refractivity contribution in [3.63, 3.8) is 0 Å². The normalized spacial score (nSPS) is 17.6. The van der Waals surface area contributed by atoms with Gasteiger partial charge in [-0.3, -0.25) is 14.8 Å². The van der Waals surface area contributed by atoms with Gasteiger partial charge >= 0.3 is 0 Å². The van der Waals surface area contributed by atoms with Gasteiger partial charge in [-0.05, 0) is 45.2 Å². The third kappa shape index (κ3) is 3.55. The average Bonchev–Trinajstić information content (AvgIpc) is 3.20. The van der Waals surface area contributed by atoms with E-state index in [0.717, 1.165) is 63.3 Å². The molecule has 136 valence electrons. The van der Waals surface area contributed by atoms with Crippen molar-refractivity contribution in [2.75, 3.05) is 18.4 Å². The van der Waals surface area contributed by atoms with Crippen molar-refractivity contribution in [2.45, 2.75) is 44.6 Å². The smallest absolute Gasteiger partial charge is 0.261 e. The highest BCUT2D eigenvalue weighted by atomic mass is 35.5. The van der Waals surface area contributed by atoms with Crippen molar-refractivity contribution in [3.05, 3.63) is 23.3 Å². The van der Waals surface area contributed by atoms with Gasteiger partial charge in [-0.1, -0.05) is 0 Å². The van der Waals surface area contributed by atoms with Gasteiger partial charge in [-0.25, -0.2) is 4.68 Å². The van der Waals surface area contributed by atoms with E-state index in [9.17, 15) is 4.79 Å². The third-order valence-corrected chi connectivity index (χ3v) is 4.94. The molecule has 1 saturated heterocycles. The Kier molecular flexibility index (Phi) is 5.39. The van der Waals surface area contributed by atoms with E-state index >= 15 is 0 Å². The highest BCUT2D eigenvalue weighted by molar-refractivity contribution is 6.04. The number of halogens is 1. The summed E-state index contributed by atoms with van der Waals surface area (Å²) in [5.41, 5.74) is 1.68. The zero-order valence-corrected chi connectivity index (χ0v) is 15.2. The zero-order valence-electron chi connectivity index (χ0n) is 14.4. The molecule has 4 rings (SSSR count). The Hall–Kier alpha value is -1.93. The molecule has 0 spiro atoms. The first-order valence-corrected chi connectivity index (χ1v) is 8.70. The molecule has 0 aliphatic carbocycles. The van der Waals surface area contributed by atoms with Crippen LogP contribution in [0.2, 0.25) is 0 Å². The Balaban J connectivity index is 0.00000182. The fourth-order valence-corrected chi connectivity index (χ4v) is 3.55. The molecule has 0 saturated carbocycles. The Morgan fingerprint density at radius 3 is 2.92 bits per heavy atom. The predicted molar refractivity (Wildman–Crippen MR) is 96.2 cm³/mol. The van der Waals surface area contributed by atoms with Crippen molar-refractivity contribution in [3.8, 4) is 0 Å². The SMILES string of the molecule is Cl.Cn1nc(C2CCNCC2)nc1NC(=O)c1cnn2c1CCCC2. The van der Waals surface area contributed by atoms with Gasteiger partial charge in [-0.15, -0.1) is 12.4 Å². The maximum absolute atomic E-state index is 12.6. The number of aromatic nitrogens is 5. The minimum atomic E-state index is -0.148. The molecular weight excluding hydrogens is 342 g/mol. The van der Waals surface area contributed by atoms with Crippen LogP contribution in [0.3, 0.4) is 0 Å². The standard InChI is InChI=1S/C16H23N7O.ClH/c1-22-16(19-14(21-22)11-5-7-17-8-6-11)20-15(24)12-10-18-23-9-3-2-4-13(12)23;/h10-11,17H,2-9H2,1H3,(H,19,20,21,24);1H. The summed E-state index contributed by atoms with van der Waals surface area (Å²) in [6.45, 7) is 2.88. The summed E-state index contributed by atoms with van der Waals surface area (Å²) in [6.07, 6.45) is 6.87. The molecule has 0 aromatic carbocycles. The molecule has 2 aromatic rings. The lowest BCUT2D eigenvalue weighted by Gasteiger charge is -2.19. The zero-order chi connectivity index (χ0) is 16.5. The van der Waals surface area contributed by atoms with Crippen LogP contribution < -0.4 is 10.6 Å². The first kappa shape index (κ1) is 17.9. The number of anilines is 1. The van der Waals surface area contributed by atoms with Crippen molar-refractivity contribution < 1.29 is 4.79 Å². The molecule has 2 aliphatic rings. The number of carbonyl (C=O) groups excluding carboxylic acids is 1. The molecule has 0 unspecified atom stereocenters. The third-order valence-electron chi connectivity index (χ3n) is 4.94. The van der Waals surface area contributed by atoms with Crippen LogP contribution in [0.15, 0.2) is 6.20 Å². The molecule has 0 atom stereocenters. The van der Waals surface area contributed by atoms with Gasteiger partial charge in [0.1, 0.15) is 0 Å². The number of hydrogen-bond donors (Lipinski definition) is 2. The highest BCUT2D eigenvalue weighted by Gasteiger charge is 2.24. The van der Waals surface area contributed by atoms with E-state index in [1.165, 1.54) is 0 Å². The van der Waals surface area contributed by atoms with E-state index in [1.807, 2.05) is 11.7 Å². The molecule has 2 aromatic heterocycles. The minimum absolute atomic E-state index is 0. The Labute approximate surface area is 152 Å².